The van der Waals surface area contributed by atoms with Crippen molar-refractivity contribution in [2.45, 2.75) is 72.8 Å². The first kappa shape index (κ1) is 25.3. The van der Waals surface area contributed by atoms with Gasteiger partial charge in [-0.3, -0.25) is 9.40 Å². The van der Waals surface area contributed by atoms with Gasteiger partial charge in [0, 0.05) is 5.54 Å². The zero-order valence-electron chi connectivity index (χ0n) is 18.6. The maximum absolute atomic E-state index is 13.8. The molecule has 0 saturated heterocycles. The molecule has 0 saturated carbocycles. The van der Waals surface area contributed by atoms with E-state index in [0.717, 1.165) is 5.56 Å². The SMILES string of the molecule is CCOP(=O)(OCC)[C@H](N(O[C@H](CO)c1ccccc1)C(C)(C)C)C(C)(C)C. The van der Waals surface area contributed by atoms with Gasteiger partial charge in [-0.2, -0.15) is 5.06 Å². The van der Waals surface area contributed by atoms with Crippen LogP contribution in [0.2, 0.25) is 0 Å². The van der Waals surface area contributed by atoms with Crippen LogP contribution in [0.4, 0.5) is 0 Å². The Balaban J connectivity index is 3.45. The second-order valence-corrected chi connectivity index (χ2v) is 10.9. The molecule has 0 fully saturated rings. The highest BCUT2D eigenvalue weighted by Gasteiger charge is 2.51. The van der Waals surface area contributed by atoms with Crippen molar-refractivity contribution in [3.8, 4) is 0 Å². The first-order valence-electron chi connectivity index (χ1n) is 9.91. The molecule has 0 spiro atoms. The van der Waals surface area contributed by atoms with E-state index in [1.807, 2.05) is 71.9 Å². The van der Waals surface area contributed by atoms with E-state index in [4.69, 9.17) is 13.9 Å². The van der Waals surface area contributed by atoms with Gasteiger partial charge in [0.05, 0.1) is 19.8 Å². The van der Waals surface area contributed by atoms with Gasteiger partial charge in [-0.15, -0.1) is 0 Å². The molecule has 1 rings (SSSR count). The largest absolute Gasteiger partial charge is 0.393 e. The van der Waals surface area contributed by atoms with E-state index in [0.29, 0.717) is 0 Å². The maximum Gasteiger partial charge on any atom is 0.350 e. The van der Waals surface area contributed by atoms with E-state index in [-0.39, 0.29) is 19.8 Å². The van der Waals surface area contributed by atoms with Crippen LogP contribution in [0.25, 0.3) is 0 Å². The van der Waals surface area contributed by atoms with Crippen molar-refractivity contribution in [3.63, 3.8) is 0 Å². The summed E-state index contributed by atoms with van der Waals surface area (Å²) in [6, 6.07) is 9.51. The van der Waals surface area contributed by atoms with Gasteiger partial charge >= 0.3 is 7.60 Å². The Kier molecular flexibility index (Phi) is 9.33. The highest BCUT2D eigenvalue weighted by atomic mass is 31.2. The van der Waals surface area contributed by atoms with Crippen molar-refractivity contribution in [1.82, 2.24) is 5.06 Å². The van der Waals surface area contributed by atoms with E-state index >= 15 is 0 Å². The lowest BCUT2D eigenvalue weighted by Crippen LogP contribution is -2.54. The minimum atomic E-state index is -3.54. The highest BCUT2D eigenvalue weighted by Crippen LogP contribution is 2.61. The lowest BCUT2D eigenvalue weighted by molar-refractivity contribution is -0.274. The summed E-state index contributed by atoms with van der Waals surface area (Å²) in [7, 11) is -3.54. The van der Waals surface area contributed by atoms with Crippen molar-refractivity contribution >= 4 is 7.60 Å². The van der Waals surface area contributed by atoms with Crippen LogP contribution in [0.15, 0.2) is 30.3 Å². The second-order valence-electron chi connectivity index (χ2n) is 8.80. The minimum absolute atomic E-state index is 0.207. The second kappa shape index (κ2) is 10.3. The van der Waals surface area contributed by atoms with Crippen molar-refractivity contribution in [1.29, 1.82) is 0 Å². The van der Waals surface area contributed by atoms with Gasteiger partial charge in [0.25, 0.3) is 0 Å². The zero-order valence-corrected chi connectivity index (χ0v) is 19.5. The van der Waals surface area contributed by atoms with E-state index in [1.165, 1.54) is 0 Å². The molecule has 28 heavy (non-hydrogen) atoms. The summed E-state index contributed by atoms with van der Waals surface area (Å²) < 4.78 is 25.2. The van der Waals surface area contributed by atoms with E-state index in [9.17, 15) is 9.67 Å². The molecule has 0 radical (unpaired) electrons. The van der Waals surface area contributed by atoms with Crippen LogP contribution in [0.3, 0.4) is 0 Å². The average molecular weight is 416 g/mol. The number of rotatable bonds is 10. The predicted octanol–water partition coefficient (Wildman–Crippen LogP) is 5.39. The number of hydrogen-bond donors (Lipinski definition) is 1. The van der Waals surface area contributed by atoms with Gasteiger partial charge in [-0.1, -0.05) is 51.1 Å². The molecule has 0 amide bonds. The topological polar surface area (TPSA) is 68.2 Å². The molecule has 162 valence electrons. The fourth-order valence-corrected chi connectivity index (χ4v) is 5.76. The monoisotopic (exact) mass is 415 g/mol. The van der Waals surface area contributed by atoms with Gasteiger partial charge < -0.3 is 14.2 Å². The Bertz CT molecular complexity index is 614. The van der Waals surface area contributed by atoms with Crippen LogP contribution in [0, 0.1) is 5.41 Å². The molecule has 0 aliphatic heterocycles. The molecular formula is C21H38NO5P. The molecule has 1 aromatic rings. The zero-order chi connectivity index (χ0) is 21.6. The van der Waals surface area contributed by atoms with Crippen LogP contribution >= 0.6 is 7.60 Å². The van der Waals surface area contributed by atoms with Crippen LogP contribution in [-0.4, -0.2) is 41.3 Å². The maximum atomic E-state index is 13.8. The molecule has 6 nitrogen and oxygen atoms in total. The van der Waals surface area contributed by atoms with Crippen LogP contribution in [0.1, 0.15) is 67.1 Å². The fraction of sp³-hybridized carbons (Fsp3) is 0.714. The van der Waals surface area contributed by atoms with Crippen molar-refractivity contribution in [2.24, 2.45) is 5.41 Å². The van der Waals surface area contributed by atoms with Crippen LogP contribution in [-0.2, 0) is 18.5 Å². The Morgan fingerprint density at radius 3 is 1.86 bits per heavy atom. The molecule has 1 N–H and O–H groups in total. The molecule has 2 atom stereocenters. The molecule has 7 heteroatoms. The van der Waals surface area contributed by atoms with Gasteiger partial charge in [-0.05, 0) is 45.6 Å². The summed E-state index contributed by atoms with van der Waals surface area (Å²) in [5, 5.41) is 11.7. The third-order valence-corrected chi connectivity index (χ3v) is 6.97. The van der Waals surface area contributed by atoms with Gasteiger partial charge in [0.15, 0.2) is 0 Å². The molecule has 0 heterocycles. The summed E-state index contributed by atoms with van der Waals surface area (Å²) >= 11 is 0. The lowest BCUT2D eigenvalue weighted by Gasteiger charge is -2.48. The molecule has 1 aromatic carbocycles. The number of nitrogens with zero attached hydrogens (tertiary/aromatic N) is 1. The molecule has 0 aromatic heterocycles. The minimum Gasteiger partial charge on any atom is -0.393 e. The third-order valence-electron chi connectivity index (χ3n) is 4.15. The Hall–Kier alpha value is -0.750. The first-order valence-corrected chi connectivity index (χ1v) is 11.5. The Morgan fingerprint density at radius 1 is 1.00 bits per heavy atom. The number of hydroxylamine groups is 2. The molecule has 0 unspecified atom stereocenters. The smallest absolute Gasteiger partial charge is 0.350 e. The number of hydrogen-bond acceptors (Lipinski definition) is 6. The average Bonchev–Trinajstić information content (AvgIpc) is 2.57. The van der Waals surface area contributed by atoms with Crippen molar-refractivity contribution in [2.75, 3.05) is 19.8 Å². The number of aliphatic hydroxyl groups excluding tert-OH is 1. The van der Waals surface area contributed by atoms with E-state index in [1.54, 1.807) is 18.9 Å². The number of aliphatic hydroxyl groups is 1. The van der Waals surface area contributed by atoms with Crippen LogP contribution in [0.5, 0.6) is 0 Å². The molecular weight excluding hydrogens is 377 g/mol. The Morgan fingerprint density at radius 2 is 1.50 bits per heavy atom. The highest BCUT2D eigenvalue weighted by molar-refractivity contribution is 7.54. The van der Waals surface area contributed by atoms with Crippen LogP contribution < -0.4 is 0 Å². The quantitative estimate of drug-likeness (QED) is 0.408. The summed E-state index contributed by atoms with van der Waals surface area (Å²) in [6.07, 6.45) is -0.595. The summed E-state index contributed by atoms with van der Waals surface area (Å²) in [4.78, 5) is 6.33. The summed E-state index contributed by atoms with van der Waals surface area (Å²) in [6.45, 7) is 15.8. The predicted molar refractivity (Wildman–Crippen MR) is 113 cm³/mol. The Labute approximate surface area is 170 Å². The van der Waals surface area contributed by atoms with Gasteiger partial charge in [0.1, 0.15) is 11.9 Å². The first-order chi connectivity index (χ1) is 12.9. The summed E-state index contributed by atoms with van der Waals surface area (Å²) in [5.74, 6) is -0.669. The molecule has 0 aliphatic carbocycles. The van der Waals surface area contributed by atoms with Crippen molar-refractivity contribution in [3.05, 3.63) is 35.9 Å². The standard InChI is InChI=1S/C21H38NO5P/c1-9-25-28(24,26-10-2)19(20(3,4)5)22(21(6,7)8)27-18(16-23)17-14-12-11-13-15-17/h11-15,18-19,23H,9-10,16H2,1-8H3/t18-,19+/m1/s1. The fourth-order valence-electron chi connectivity index (χ4n) is 3.08. The van der Waals surface area contributed by atoms with E-state index in [2.05, 4.69) is 0 Å². The molecule has 0 bridgehead atoms. The van der Waals surface area contributed by atoms with Crippen molar-refractivity contribution < 1.29 is 23.6 Å². The third kappa shape index (κ3) is 6.65. The van der Waals surface area contributed by atoms with Gasteiger partial charge in [0.2, 0.25) is 0 Å². The van der Waals surface area contributed by atoms with Gasteiger partial charge in [-0.25, -0.2) is 0 Å². The van der Waals surface area contributed by atoms with E-state index < -0.39 is 30.4 Å². The normalized spacial score (nSPS) is 15.6. The number of benzene rings is 1. The molecule has 0 aliphatic rings. The summed E-state index contributed by atoms with van der Waals surface area (Å²) in [5.41, 5.74) is -0.164. The lowest BCUT2D eigenvalue weighted by atomic mass is 9.94.